The number of ether oxygens (including phenoxy) is 1. The van der Waals surface area contributed by atoms with E-state index in [4.69, 9.17) is 4.74 Å². The summed E-state index contributed by atoms with van der Waals surface area (Å²) in [5, 5.41) is 0. The largest absolute Gasteiger partial charge is 0.491 e. The monoisotopic (exact) mass is 393 g/mol. The van der Waals surface area contributed by atoms with Gasteiger partial charge in [-0.2, -0.15) is 0 Å². The predicted octanol–water partition coefficient (Wildman–Crippen LogP) is 2.81. The first-order chi connectivity index (χ1) is 13.0. The van der Waals surface area contributed by atoms with Crippen LogP contribution in [0.25, 0.3) is 0 Å². The second-order valence-electron chi connectivity index (χ2n) is 6.52. The summed E-state index contributed by atoms with van der Waals surface area (Å²) >= 11 is 0. The minimum Gasteiger partial charge on any atom is -0.491 e. The Morgan fingerprint density at radius 2 is 2.07 bits per heavy atom. The summed E-state index contributed by atoms with van der Waals surface area (Å²) in [5.41, 5.74) is 1.08. The zero-order valence-electron chi connectivity index (χ0n) is 15.3. The zero-order valence-corrected chi connectivity index (χ0v) is 16.1. The van der Waals surface area contributed by atoms with Crippen LogP contribution in [0.3, 0.4) is 0 Å². The number of hydrogen-bond acceptors (Lipinski definition) is 5. The molecule has 0 atom stereocenters. The first kappa shape index (κ1) is 19.6. The number of aromatic nitrogens is 1. The zero-order chi connectivity index (χ0) is 19.3. The Morgan fingerprint density at radius 3 is 2.70 bits per heavy atom. The van der Waals surface area contributed by atoms with Crippen molar-refractivity contribution in [3.8, 4) is 5.75 Å². The van der Waals surface area contributed by atoms with Gasteiger partial charge >= 0.3 is 0 Å². The van der Waals surface area contributed by atoms with E-state index >= 15 is 0 Å². The minimum atomic E-state index is -3.75. The minimum absolute atomic E-state index is 0.0548. The number of nitrogens with zero attached hydrogens (tertiary/aromatic N) is 2. The van der Waals surface area contributed by atoms with Crippen LogP contribution in [0, 0.1) is 11.7 Å². The Morgan fingerprint density at radius 1 is 1.30 bits per heavy atom. The molecule has 0 aliphatic carbocycles. The van der Waals surface area contributed by atoms with E-state index in [2.05, 4.69) is 14.6 Å². The maximum Gasteiger partial charge on any atom is 0.240 e. The van der Waals surface area contributed by atoms with Crippen LogP contribution in [0.15, 0.2) is 47.6 Å². The highest BCUT2D eigenvalue weighted by molar-refractivity contribution is 7.89. The van der Waals surface area contributed by atoms with Crippen LogP contribution >= 0.6 is 0 Å². The first-order valence-corrected chi connectivity index (χ1v) is 10.5. The molecule has 1 N–H and O–H groups in total. The van der Waals surface area contributed by atoms with Gasteiger partial charge in [0.2, 0.25) is 10.0 Å². The van der Waals surface area contributed by atoms with Gasteiger partial charge in [-0.25, -0.2) is 17.5 Å². The molecule has 1 aromatic carbocycles. The Kier molecular flexibility index (Phi) is 6.28. The molecule has 2 heterocycles. The summed E-state index contributed by atoms with van der Waals surface area (Å²) < 4.78 is 46.5. The normalized spacial score (nSPS) is 15.7. The summed E-state index contributed by atoms with van der Waals surface area (Å²) in [6, 6.07) is 7.64. The third-order valence-corrected chi connectivity index (χ3v) is 6.12. The van der Waals surface area contributed by atoms with Gasteiger partial charge < -0.3 is 9.64 Å². The van der Waals surface area contributed by atoms with Crippen molar-refractivity contribution in [2.75, 3.05) is 31.1 Å². The average Bonchev–Trinajstić information content (AvgIpc) is 2.69. The van der Waals surface area contributed by atoms with E-state index in [-0.39, 0.29) is 16.6 Å². The molecule has 0 radical (unpaired) electrons. The van der Waals surface area contributed by atoms with Crippen molar-refractivity contribution < 1.29 is 17.5 Å². The van der Waals surface area contributed by atoms with Crippen LogP contribution < -0.4 is 14.4 Å². The molecule has 1 aromatic heterocycles. The summed E-state index contributed by atoms with van der Waals surface area (Å²) in [6.07, 6.45) is 5.35. The highest BCUT2D eigenvalue weighted by atomic mass is 32.2. The fourth-order valence-corrected chi connectivity index (χ4v) is 4.30. The topological polar surface area (TPSA) is 71.5 Å². The molecule has 1 aliphatic rings. The molecule has 1 aliphatic heterocycles. The molecule has 8 heteroatoms. The summed E-state index contributed by atoms with van der Waals surface area (Å²) in [7, 11) is -3.75. The quantitative estimate of drug-likeness (QED) is 0.783. The Hall–Kier alpha value is -2.19. The molecule has 0 unspecified atom stereocenters. The molecule has 146 valence electrons. The van der Waals surface area contributed by atoms with Gasteiger partial charge in [0.15, 0.2) is 11.6 Å². The van der Waals surface area contributed by atoms with Crippen molar-refractivity contribution in [1.29, 1.82) is 0 Å². The van der Waals surface area contributed by atoms with Gasteiger partial charge in [0.25, 0.3) is 0 Å². The second-order valence-corrected chi connectivity index (χ2v) is 8.29. The fraction of sp³-hybridized carbons (Fsp3) is 0.421. The first-order valence-electron chi connectivity index (χ1n) is 9.06. The van der Waals surface area contributed by atoms with E-state index in [0.29, 0.717) is 13.2 Å². The lowest BCUT2D eigenvalue weighted by Crippen LogP contribution is -2.38. The number of piperidine rings is 1. The maximum atomic E-state index is 13.9. The van der Waals surface area contributed by atoms with E-state index in [1.165, 1.54) is 12.1 Å². The molecule has 2 aromatic rings. The number of nitrogens with one attached hydrogen (secondary N) is 1. The molecule has 6 nitrogen and oxygen atoms in total. The summed E-state index contributed by atoms with van der Waals surface area (Å²) in [6.45, 7) is 4.12. The lowest BCUT2D eigenvalue weighted by molar-refractivity contribution is 0.321. The molecule has 3 rings (SSSR count). The lowest BCUT2D eigenvalue weighted by atomic mass is 9.97. The van der Waals surface area contributed by atoms with Crippen LogP contribution in [0.5, 0.6) is 5.75 Å². The number of hydrogen-bond donors (Lipinski definition) is 1. The van der Waals surface area contributed by atoms with Crippen molar-refractivity contribution >= 4 is 15.7 Å². The third-order valence-electron chi connectivity index (χ3n) is 4.70. The van der Waals surface area contributed by atoms with Crippen LogP contribution in [-0.4, -0.2) is 39.6 Å². The van der Waals surface area contributed by atoms with Gasteiger partial charge in [-0.15, -0.1) is 0 Å². The van der Waals surface area contributed by atoms with Crippen LogP contribution in [0.2, 0.25) is 0 Å². The van der Waals surface area contributed by atoms with E-state index in [0.717, 1.165) is 37.7 Å². The van der Waals surface area contributed by atoms with Gasteiger partial charge in [-0.1, -0.05) is 0 Å². The number of halogens is 1. The van der Waals surface area contributed by atoms with Gasteiger partial charge in [0.1, 0.15) is 0 Å². The summed E-state index contributed by atoms with van der Waals surface area (Å²) in [5.74, 6) is -0.371. The van der Waals surface area contributed by atoms with Crippen LogP contribution in [0.4, 0.5) is 10.1 Å². The molecule has 0 spiro atoms. The number of rotatable bonds is 7. The Balaban J connectivity index is 1.54. The predicted molar refractivity (Wildman–Crippen MR) is 102 cm³/mol. The van der Waals surface area contributed by atoms with Gasteiger partial charge in [0, 0.05) is 25.8 Å². The smallest absolute Gasteiger partial charge is 0.240 e. The van der Waals surface area contributed by atoms with E-state index < -0.39 is 15.8 Å². The van der Waals surface area contributed by atoms with Crippen molar-refractivity contribution in [3.05, 3.63) is 48.5 Å². The van der Waals surface area contributed by atoms with E-state index in [9.17, 15) is 12.8 Å². The Bertz CT molecular complexity index is 854. The molecule has 0 saturated carbocycles. The van der Waals surface area contributed by atoms with Crippen molar-refractivity contribution in [2.24, 2.45) is 5.92 Å². The van der Waals surface area contributed by atoms with E-state index in [1.54, 1.807) is 13.1 Å². The second kappa shape index (κ2) is 8.67. The van der Waals surface area contributed by atoms with E-state index in [1.807, 2.05) is 18.3 Å². The third kappa shape index (κ3) is 4.95. The number of benzene rings is 1. The Labute approximate surface area is 159 Å². The van der Waals surface area contributed by atoms with Crippen molar-refractivity contribution in [1.82, 2.24) is 9.71 Å². The standard InChI is InChI=1S/C19H24FN3O3S/c1-2-26-19-6-5-17(12-18(19)20)27(24,25)22-13-15-7-10-23(11-8-15)16-4-3-9-21-14-16/h3-6,9,12,14-15,22H,2,7-8,10-11,13H2,1H3. The van der Waals surface area contributed by atoms with Crippen LogP contribution in [0.1, 0.15) is 19.8 Å². The van der Waals surface area contributed by atoms with Crippen molar-refractivity contribution in [2.45, 2.75) is 24.7 Å². The molecule has 1 fully saturated rings. The molecule has 0 bridgehead atoms. The number of anilines is 1. The molecular formula is C19H24FN3O3S. The van der Waals surface area contributed by atoms with Gasteiger partial charge in [-0.05, 0) is 56.0 Å². The van der Waals surface area contributed by atoms with Crippen LogP contribution in [-0.2, 0) is 10.0 Å². The van der Waals surface area contributed by atoms with Gasteiger partial charge in [-0.3, -0.25) is 4.98 Å². The molecular weight excluding hydrogens is 369 g/mol. The average molecular weight is 393 g/mol. The maximum absolute atomic E-state index is 13.9. The number of sulfonamides is 1. The molecule has 1 saturated heterocycles. The molecule has 27 heavy (non-hydrogen) atoms. The lowest BCUT2D eigenvalue weighted by Gasteiger charge is -2.33. The van der Waals surface area contributed by atoms with Gasteiger partial charge in [0.05, 0.1) is 23.4 Å². The fourth-order valence-electron chi connectivity index (χ4n) is 3.17. The summed E-state index contributed by atoms with van der Waals surface area (Å²) in [4.78, 5) is 6.30. The highest BCUT2D eigenvalue weighted by Gasteiger charge is 2.23. The van der Waals surface area contributed by atoms with Crippen molar-refractivity contribution in [3.63, 3.8) is 0 Å². The molecule has 0 amide bonds. The SMILES string of the molecule is CCOc1ccc(S(=O)(=O)NCC2CCN(c3cccnc3)CC2)cc1F. The highest BCUT2D eigenvalue weighted by Crippen LogP contribution is 2.24. The number of pyridine rings is 1.